The molecule has 4 nitrogen and oxygen atoms in total. The fourth-order valence-corrected chi connectivity index (χ4v) is 3.08. The first-order valence-electron chi connectivity index (χ1n) is 8.42. The number of hydrogen-bond donors (Lipinski definition) is 0. The zero-order chi connectivity index (χ0) is 17.6. The maximum Gasteiger partial charge on any atom is 0.223 e. The van der Waals surface area contributed by atoms with Crippen molar-refractivity contribution in [2.45, 2.75) is 12.3 Å². The number of nitrogens with zero attached hydrogens (tertiary/aromatic N) is 1. The van der Waals surface area contributed by atoms with Gasteiger partial charge in [-0.15, -0.1) is 0 Å². The Bertz CT molecular complexity index is 694. The van der Waals surface area contributed by atoms with E-state index < -0.39 is 0 Å². The van der Waals surface area contributed by atoms with Crippen LogP contribution in [0, 0.1) is 5.82 Å². The van der Waals surface area contributed by atoms with E-state index in [0.29, 0.717) is 32.7 Å². The number of halogens is 1. The lowest BCUT2D eigenvalue weighted by Crippen LogP contribution is -2.41. The van der Waals surface area contributed by atoms with Crippen molar-refractivity contribution in [3.05, 3.63) is 65.5 Å². The molecule has 0 saturated carbocycles. The molecule has 0 aliphatic carbocycles. The van der Waals surface area contributed by atoms with Gasteiger partial charge in [-0.2, -0.15) is 0 Å². The van der Waals surface area contributed by atoms with E-state index in [1.165, 1.54) is 12.1 Å². The quantitative estimate of drug-likeness (QED) is 0.837. The topological polar surface area (TPSA) is 38.8 Å². The van der Waals surface area contributed by atoms with E-state index in [1.807, 2.05) is 29.2 Å². The highest BCUT2D eigenvalue weighted by Crippen LogP contribution is 2.30. The van der Waals surface area contributed by atoms with Crippen LogP contribution in [0.15, 0.2) is 48.5 Å². The SMILES string of the molecule is COc1ccc([C@@H](CC(=O)N2CCOCC2)c2ccc(F)cc2)cc1. The van der Waals surface area contributed by atoms with Crippen LogP contribution in [-0.4, -0.2) is 44.2 Å². The Kier molecular flexibility index (Phi) is 5.66. The molecule has 132 valence electrons. The Morgan fingerprint density at radius 1 is 1.08 bits per heavy atom. The molecule has 3 rings (SSSR count). The van der Waals surface area contributed by atoms with Crippen molar-refractivity contribution < 1.29 is 18.7 Å². The molecule has 1 saturated heterocycles. The largest absolute Gasteiger partial charge is 0.497 e. The Balaban J connectivity index is 1.85. The van der Waals surface area contributed by atoms with Gasteiger partial charge >= 0.3 is 0 Å². The molecular weight excluding hydrogens is 321 g/mol. The van der Waals surface area contributed by atoms with Crippen molar-refractivity contribution >= 4 is 5.91 Å². The number of benzene rings is 2. The summed E-state index contributed by atoms with van der Waals surface area (Å²) in [5, 5.41) is 0. The van der Waals surface area contributed by atoms with Gasteiger partial charge in [0.15, 0.2) is 0 Å². The van der Waals surface area contributed by atoms with Crippen LogP contribution in [0.25, 0.3) is 0 Å². The molecular formula is C20H22FNO3. The van der Waals surface area contributed by atoms with E-state index in [-0.39, 0.29) is 17.6 Å². The van der Waals surface area contributed by atoms with Crippen LogP contribution >= 0.6 is 0 Å². The molecule has 1 aliphatic rings. The summed E-state index contributed by atoms with van der Waals surface area (Å²) in [6.07, 6.45) is 0.345. The number of amides is 1. The summed E-state index contributed by atoms with van der Waals surface area (Å²) in [6, 6.07) is 14.0. The van der Waals surface area contributed by atoms with E-state index >= 15 is 0 Å². The minimum atomic E-state index is -0.281. The minimum absolute atomic E-state index is 0.0912. The second-order valence-electron chi connectivity index (χ2n) is 6.07. The van der Waals surface area contributed by atoms with Crippen molar-refractivity contribution in [3.63, 3.8) is 0 Å². The maximum absolute atomic E-state index is 13.3. The molecule has 1 fully saturated rings. The van der Waals surface area contributed by atoms with Gasteiger partial charge in [0.1, 0.15) is 11.6 Å². The number of rotatable bonds is 5. The molecule has 2 aromatic carbocycles. The average molecular weight is 343 g/mol. The third-order valence-corrected chi connectivity index (χ3v) is 4.53. The Morgan fingerprint density at radius 3 is 2.20 bits per heavy atom. The van der Waals surface area contributed by atoms with Crippen molar-refractivity contribution in [2.24, 2.45) is 0 Å². The standard InChI is InChI=1S/C20H22FNO3/c1-24-18-8-4-16(5-9-18)19(15-2-6-17(21)7-3-15)14-20(23)22-10-12-25-13-11-22/h2-9,19H,10-14H2,1H3/t19-/m0/s1. The zero-order valence-electron chi connectivity index (χ0n) is 14.3. The summed E-state index contributed by atoms with van der Waals surface area (Å²) in [5.41, 5.74) is 1.93. The van der Waals surface area contributed by atoms with Crippen molar-refractivity contribution in [1.29, 1.82) is 0 Å². The number of carbonyl (C=O) groups is 1. The van der Waals surface area contributed by atoms with Gasteiger partial charge in [0.25, 0.3) is 0 Å². The molecule has 0 bridgehead atoms. The smallest absolute Gasteiger partial charge is 0.223 e. The maximum atomic E-state index is 13.3. The third-order valence-electron chi connectivity index (χ3n) is 4.53. The molecule has 0 spiro atoms. The van der Waals surface area contributed by atoms with Gasteiger partial charge in [-0.25, -0.2) is 4.39 Å². The van der Waals surface area contributed by atoms with Crippen LogP contribution in [0.1, 0.15) is 23.5 Å². The van der Waals surface area contributed by atoms with Gasteiger partial charge in [-0.05, 0) is 35.4 Å². The number of morpholine rings is 1. The van der Waals surface area contributed by atoms with Crippen molar-refractivity contribution in [3.8, 4) is 5.75 Å². The lowest BCUT2D eigenvalue weighted by molar-refractivity contribution is -0.135. The Labute approximate surface area is 147 Å². The number of carbonyl (C=O) groups excluding carboxylic acids is 1. The summed E-state index contributed by atoms with van der Waals surface area (Å²) < 4.78 is 23.8. The number of hydrogen-bond acceptors (Lipinski definition) is 3. The normalized spacial score (nSPS) is 15.7. The first kappa shape index (κ1) is 17.4. The Morgan fingerprint density at radius 2 is 1.64 bits per heavy atom. The molecule has 0 radical (unpaired) electrons. The summed E-state index contributed by atoms with van der Waals surface area (Å²) in [6.45, 7) is 2.40. The third kappa shape index (κ3) is 4.37. The van der Waals surface area contributed by atoms with Crippen molar-refractivity contribution in [1.82, 2.24) is 4.90 Å². The molecule has 0 aromatic heterocycles. The molecule has 1 aliphatic heterocycles. The Hall–Kier alpha value is -2.40. The molecule has 1 atom stereocenters. The van der Waals surface area contributed by atoms with E-state index in [0.717, 1.165) is 16.9 Å². The first-order valence-corrected chi connectivity index (χ1v) is 8.42. The second kappa shape index (κ2) is 8.12. The summed E-state index contributed by atoms with van der Waals surface area (Å²) in [4.78, 5) is 14.6. The molecule has 2 aromatic rings. The summed E-state index contributed by atoms with van der Waals surface area (Å²) >= 11 is 0. The fraction of sp³-hybridized carbons (Fsp3) is 0.350. The van der Waals surface area contributed by atoms with Crippen LogP contribution in [-0.2, 0) is 9.53 Å². The highest BCUT2D eigenvalue weighted by atomic mass is 19.1. The van der Waals surface area contributed by atoms with E-state index in [4.69, 9.17) is 9.47 Å². The van der Waals surface area contributed by atoms with Crippen LogP contribution < -0.4 is 4.74 Å². The van der Waals surface area contributed by atoms with Gasteiger partial charge in [0, 0.05) is 25.4 Å². The zero-order valence-corrected chi connectivity index (χ0v) is 14.3. The van der Waals surface area contributed by atoms with Gasteiger partial charge in [0.05, 0.1) is 20.3 Å². The molecule has 0 unspecified atom stereocenters. The average Bonchev–Trinajstić information content (AvgIpc) is 2.67. The first-order chi connectivity index (χ1) is 12.2. The predicted molar refractivity (Wildman–Crippen MR) is 93.3 cm³/mol. The highest BCUT2D eigenvalue weighted by Gasteiger charge is 2.23. The number of methoxy groups -OCH3 is 1. The lowest BCUT2D eigenvalue weighted by Gasteiger charge is -2.29. The van der Waals surface area contributed by atoms with Crippen LogP contribution in [0.2, 0.25) is 0 Å². The second-order valence-corrected chi connectivity index (χ2v) is 6.07. The molecule has 25 heavy (non-hydrogen) atoms. The van der Waals surface area contributed by atoms with Gasteiger partial charge in [-0.1, -0.05) is 24.3 Å². The number of ether oxygens (including phenoxy) is 2. The molecule has 1 heterocycles. The predicted octanol–water partition coefficient (Wildman–Crippen LogP) is 3.22. The molecule has 1 amide bonds. The van der Waals surface area contributed by atoms with Crippen molar-refractivity contribution in [2.75, 3.05) is 33.4 Å². The monoisotopic (exact) mass is 343 g/mol. The van der Waals surface area contributed by atoms with Crippen LogP contribution in [0.5, 0.6) is 5.75 Å². The van der Waals surface area contributed by atoms with E-state index in [9.17, 15) is 9.18 Å². The van der Waals surface area contributed by atoms with Gasteiger partial charge in [0.2, 0.25) is 5.91 Å². The lowest BCUT2D eigenvalue weighted by atomic mass is 9.88. The summed E-state index contributed by atoms with van der Waals surface area (Å²) in [5.74, 6) is 0.452. The van der Waals surface area contributed by atoms with E-state index in [1.54, 1.807) is 19.2 Å². The summed E-state index contributed by atoms with van der Waals surface area (Å²) in [7, 11) is 1.62. The van der Waals surface area contributed by atoms with Crippen LogP contribution in [0.3, 0.4) is 0 Å². The molecule has 5 heteroatoms. The fourth-order valence-electron chi connectivity index (χ4n) is 3.08. The van der Waals surface area contributed by atoms with Gasteiger partial charge < -0.3 is 14.4 Å². The minimum Gasteiger partial charge on any atom is -0.497 e. The van der Waals surface area contributed by atoms with E-state index in [2.05, 4.69) is 0 Å². The van der Waals surface area contributed by atoms with Gasteiger partial charge in [-0.3, -0.25) is 4.79 Å². The highest BCUT2D eigenvalue weighted by molar-refractivity contribution is 5.78. The van der Waals surface area contributed by atoms with Crippen LogP contribution in [0.4, 0.5) is 4.39 Å². The molecule has 0 N–H and O–H groups in total.